The summed E-state index contributed by atoms with van der Waals surface area (Å²) in [5.74, 6) is -0.615. The summed E-state index contributed by atoms with van der Waals surface area (Å²) < 4.78 is 7.03. The predicted molar refractivity (Wildman–Crippen MR) is 123 cm³/mol. The molecule has 0 aliphatic heterocycles. The second kappa shape index (κ2) is 11.1. The number of aromatic nitrogens is 1. The molecule has 7 heteroatoms. The first kappa shape index (κ1) is 24.5. The molecule has 0 atom stereocenters. The molecule has 1 heterocycles. The van der Waals surface area contributed by atoms with Crippen molar-refractivity contribution in [3.8, 4) is 28.1 Å². The number of carbonyl (C=O) groups excluding carboxylic acids is 1. The van der Waals surface area contributed by atoms with Crippen LogP contribution in [0.25, 0.3) is 22.4 Å². The predicted octanol–water partition coefficient (Wildman–Crippen LogP) is 2.78. The number of nitrogens with zero attached hydrogens (tertiary/aromatic N) is 1. The molecule has 4 rings (SSSR count). The smallest absolute Gasteiger partial charge is 0.543 e. The number of halogens is 2. The Balaban J connectivity index is 0.00000289. The average Bonchev–Trinajstić information content (AvgIpc) is 2.79. The summed E-state index contributed by atoms with van der Waals surface area (Å²) in [6, 6.07) is 25.8. The zero-order valence-electron chi connectivity index (χ0n) is 17.2. The third kappa shape index (κ3) is 5.80. The Hall–Kier alpha value is -2.15. The van der Waals surface area contributed by atoms with Crippen LogP contribution in [0.5, 0.6) is 5.75 Å². The van der Waals surface area contributed by atoms with Crippen molar-refractivity contribution in [1.29, 1.82) is 0 Å². The molecule has 0 aliphatic rings. The maximum atomic E-state index is 11.3. The number of rotatable bonds is 6. The van der Waals surface area contributed by atoms with Crippen LogP contribution in [-0.4, -0.2) is 11.0 Å². The first-order valence-corrected chi connectivity index (χ1v) is 10.6. The normalized spacial score (nSPS) is 10.3. The minimum absolute atomic E-state index is 0. The fourth-order valence-corrected chi connectivity index (χ4v) is 3.71. The number of hydrogen-bond acceptors (Lipinski definition) is 4. The summed E-state index contributed by atoms with van der Waals surface area (Å²) in [6.45, 7) is 0.381. The molecule has 0 bridgehead atoms. The molecule has 1 aromatic heterocycles. The monoisotopic (exact) mass is 515 g/mol. The fourth-order valence-electron chi connectivity index (χ4n) is 3.22. The van der Waals surface area contributed by atoms with Gasteiger partial charge < -0.3 is 14.6 Å². The van der Waals surface area contributed by atoms with Crippen LogP contribution in [0.4, 0.5) is 0 Å². The first-order chi connectivity index (χ1) is 15.0. The molecule has 32 heavy (non-hydrogen) atoms. The Kier molecular flexibility index (Phi) is 8.51. The molecule has 0 unspecified atom stereocenters. The van der Waals surface area contributed by atoms with Crippen LogP contribution < -0.4 is 39.4 Å². The maximum Gasteiger partial charge on any atom is 1.00 e. The van der Waals surface area contributed by atoms with Crippen LogP contribution >= 0.6 is 27.5 Å². The summed E-state index contributed by atoms with van der Waals surface area (Å²) in [4.78, 5) is 15.5. The molecule has 0 saturated heterocycles. The Bertz CT molecular complexity index is 1250. The van der Waals surface area contributed by atoms with Crippen molar-refractivity contribution in [2.45, 2.75) is 6.61 Å². The standard InChI is InChI=1S/C25H17BrClNO3.Na/c26-17-10-13-24(31-15-16-8-11-18(27)12-9-16)21(14-17)19-4-1-2-5-20(19)22-6-3-7-23(28-22)25(29)30;/h1-14H,15H2,(H,29,30);/q;+1/p-1. The number of carboxylic acids is 1. The first-order valence-electron chi connectivity index (χ1n) is 9.46. The van der Waals surface area contributed by atoms with Crippen molar-refractivity contribution < 1.29 is 44.2 Å². The molecule has 0 amide bonds. The van der Waals surface area contributed by atoms with Crippen LogP contribution in [0, 0.1) is 0 Å². The largest absolute Gasteiger partial charge is 1.00 e. The van der Waals surface area contributed by atoms with E-state index in [0.29, 0.717) is 23.1 Å². The van der Waals surface area contributed by atoms with E-state index in [-0.39, 0.29) is 35.3 Å². The number of ether oxygens (including phenoxy) is 1. The van der Waals surface area contributed by atoms with Crippen molar-refractivity contribution in [3.05, 3.63) is 106 Å². The van der Waals surface area contributed by atoms with Gasteiger partial charge in [0.25, 0.3) is 0 Å². The molecule has 4 nitrogen and oxygen atoms in total. The molecule has 154 valence electrons. The number of benzene rings is 3. The average molecular weight is 517 g/mol. The number of carbonyl (C=O) groups is 1. The number of aromatic carboxylic acids is 1. The van der Waals surface area contributed by atoms with Gasteiger partial charge in [0, 0.05) is 20.6 Å². The van der Waals surface area contributed by atoms with Crippen LogP contribution in [0.2, 0.25) is 5.02 Å². The van der Waals surface area contributed by atoms with E-state index in [9.17, 15) is 9.90 Å². The van der Waals surface area contributed by atoms with E-state index in [2.05, 4.69) is 20.9 Å². The van der Waals surface area contributed by atoms with E-state index >= 15 is 0 Å². The second-order valence-electron chi connectivity index (χ2n) is 6.80. The zero-order chi connectivity index (χ0) is 21.8. The van der Waals surface area contributed by atoms with Gasteiger partial charge in [0.1, 0.15) is 12.4 Å². The number of hydrogen-bond donors (Lipinski definition) is 0. The fraction of sp³-hybridized carbons (Fsp3) is 0.0400. The quantitative estimate of drug-likeness (QED) is 0.370. The van der Waals surface area contributed by atoms with Crippen LogP contribution in [-0.2, 0) is 6.61 Å². The van der Waals surface area contributed by atoms with Crippen molar-refractivity contribution >= 4 is 33.5 Å². The van der Waals surface area contributed by atoms with Gasteiger partial charge in [-0.1, -0.05) is 70.0 Å². The molecule has 0 aliphatic carbocycles. The van der Waals surface area contributed by atoms with Gasteiger partial charge in [-0.3, -0.25) is 0 Å². The van der Waals surface area contributed by atoms with E-state index in [1.165, 1.54) is 6.07 Å². The molecule has 4 aromatic rings. The molecular formula is C25H16BrClNNaO3. The van der Waals surface area contributed by atoms with Gasteiger partial charge in [0.05, 0.1) is 17.4 Å². The molecular weight excluding hydrogens is 501 g/mol. The summed E-state index contributed by atoms with van der Waals surface area (Å²) in [7, 11) is 0. The molecule has 0 saturated carbocycles. The van der Waals surface area contributed by atoms with E-state index in [0.717, 1.165) is 26.7 Å². The third-order valence-corrected chi connectivity index (χ3v) is 5.45. The summed E-state index contributed by atoms with van der Waals surface area (Å²) in [6.07, 6.45) is 0. The van der Waals surface area contributed by atoms with Gasteiger partial charge in [0.2, 0.25) is 0 Å². The third-order valence-electron chi connectivity index (χ3n) is 4.70. The van der Waals surface area contributed by atoms with Crippen LogP contribution in [0.15, 0.2) is 89.4 Å². The summed E-state index contributed by atoms with van der Waals surface area (Å²) in [5, 5.41) is 11.9. The van der Waals surface area contributed by atoms with Gasteiger partial charge in [-0.25, -0.2) is 4.98 Å². The zero-order valence-corrected chi connectivity index (χ0v) is 21.6. The van der Waals surface area contributed by atoms with Gasteiger partial charge in [0.15, 0.2) is 0 Å². The minimum Gasteiger partial charge on any atom is -0.543 e. The van der Waals surface area contributed by atoms with Crippen molar-refractivity contribution in [3.63, 3.8) is 0 Å². The summed E-state index contributed by atoms with van der Waals surface area (Å²) in [5.41, 5.74) is 3.95. The maximum absolute atomic E-state index is 11.3. The molecule has 3 aromatic carbocycles. The minimum atomic E-state index is -1.31. The van der Waals surface area contributed by atoms with Crippen molar-refractivity contribution in [2.75, 3.05) is 0 Å². The van der Waals surface area contributed by atoms with Gasteiger partial charge in [-0.15, -0.1) is 0 Å². The second-order valence-corrected chi connectivity index (χ2v) is 8.15. The molecule has 0 radical (unpaired) electrons. The van der Waals surface area contributed by atoms with E-state index < -0.39 is 5.97 Å². The van der Waals surface area contributed by atoms with Crippen molar-refractivity contribution in [2.24, 2.45) is 0 Å². The van der Waals surface area contributed by atoms with E-state index in [1.807, 2.05) is 66.7 Å². The summed E-state index contributed by atoms with van der Waals surface area (Å²) >= 11 is 9.50. The van der Waals surface area contributed by atoms with E-state index in [4.69, 9.17) is 16.3 Å². The van der Waals surface area contributed by atoms with Crippen LogP contribution in [0.1, 0.15) is 16.1 Å². The molecule has 0 spiro atoms. The SMILES string of the molecule is O=C([O-])c1cccc(-c2ccccc2-c2cc(Br)ccc2OCc2ccc(Cl)cc2)n1.[Na+]. The van der Waals surface area contributed by atoms with Crippen LogP contribution in [0.3, 0.4) is 0 Å². The Labute approximate surface area is 221 Å². The number of carboxylic acid groups (broad SMARTS) is 1. The number of pyridine rings is 1. The Morgan fingerprint density at radius 3 is 2.34 bits per heavy atom. The molecule has 0 N–H and O–H groups in total. The topological polar surface area (TPSA) is 62.2 Å². The van der Waals surface area contributed by atoms with Gasteiger partial charge >= 0.3 is 29.6 Å². The Morgan fingerprint density at radius 1 is 0.906 bits per heavy atom. The van der Waals surface area contributed by atoms with Crippen molar-refractivity contribution in [1.82, 2.24) is 4.98 Å². The van der Waals surface area contributed by atoms with Gasteiger partial charge in [-0.2, -0.15) is 0 Å². The Morgan fingerprint density at radius 2 is 1.62 bits per heavy atom. The van der Waals surface area contributed by atoms with E-state index in [1.54, 1.807) is 12.1 Å². The molecule has 0 fully saturated rings. The van der Waals surface area contributed by atoms with Gasteiger partial charge in [-0.05, 0) is 53.6 Å².